The Morgan fingerprint density at radius 2 is 2.33 bits per heavy atom. The molecule has 0 atom stereocenters. The molecular formula is C5H10N2O2. The van der Waals surface area contributed by atoms with Gasteiger partial charge in [-0.05, 0) is 0 Å². The zero-order chi connectivity index (χ0) is 7.28. The van der Waals surface area contributed by atoms with E-state index in [1.807, 2.05) is 0 Å². The van der Waals surface area contributed by atoms with Crippen LogP contribution in [0.1, 0.15) is 0 Å². The van der Waals surface area contributed by atoms with E-state index in [1.54, 1.807) is 19.0 Å². The molecule has 0 bridgehead atoms. The highest BCUT2D eigenvalue weighted by molar-refractivity contribution is 5.71. The average Bonchev–Trinajstić information content (AvgIpc) is 1.63. The summed E-state index contributed by atoms with van der Waals surface area (Å²) in [5.41, 5.74) is 0. The third-order valence-electron chi connectivity index (χ3n) is 0.539. The first-order chi connectivity index (χ1) is 4.13. The van der Waals surface area contributed by atoms with E-state index in [2.05, 4.69) is 4.99 Å². The van der Waals surface area contributed by atoms with Crippen molar-refractivity contribution in [2.24, 2.45) is 4.99 Å². The second-order valence-electron chi connectivity index (χ2n) is 1.81. The zero-order valence-corrected chi connectivity index (χ0v) is 5.53. The van der Waals surface area contributed by atoms with Crippen molar-refractivity contribution in [1.29, 1.82) is 0 Å². The fourth-order valence-electron chi connectivity index (χ4n) is 0.282. The molecule has 9 heavy (non-hydrogen) atoms. The van der Waals surface area contributed by atoms with Gasteiger partial charge in [-0.15, -0.1) is 0 Å². The first-order valence-corrected chi connectivity index (χ1v) is 2.51. The molecule has 0 aliphatic carbocycles. The monoisotopic (exact) mass is 130 g/mol. The highest BCUT2D eigenvalue weighted by Crippen LogP contribution is 1.69. The molecule has 52 valence electrons. The van der Waals surface area contributed by atoms with Crippen LogP contribution in [0, 0.1) is 0 Å². The summed E-state index contributed by atoms with van der Waals surface area (Å²) in [4.78, 5) is 15.1. The van der Waals surface area contributed by atoms with Crippen molar-refractivity contribution in [3.63, 3.8) is 0 Å². The molecular weight excluding hydrogens is 120 g/mol. The number of hydrogen-bond donors (Lipinski definition) is 1. The molecule has 0 aromatic carbocycles. The van der Waals surface area contributed by atoms with Gasteiger partial charge in [0.05, 0.1) is 6.34 Å². The Morgan fingerprint density at radius 3 is 2.67 bits per heavy atom. The van der Waals surface area contributed by atoms with Crippen molar-refractivity contribution in [3.8, 4) is 0 Å². The van der Waals surface area contributed by atoms with Crippen LogP contribution in [0.4, 0.5) is 0 Å². The summed E-state index contributed by atoms with van der Waals surface area (Å²) in [5, 5.41) is 8.09. The lowest BCUT2D eigenvalue weighted by atomic mass is 10.7. The van der Waals surface area contributed by atoms with Crippen LogP contribution in [0.3, 0.4) is 0 Å². The van der Waals surface area contributed by atoms with E-state index in [0.717, 1.165) is 0 Å². The van der Waals surface area contributed by atoms with Gasteiger partial charge in [0.15, 0.2) is 0 Å². The van der Waals surface area contributed by atoms with Gasteiger partial charge in [0.1, 0.15) is 6.54 Å². The van der Waals surface area contributed by atoms with E-state index < -0.39 is 5.97 Å². The van der Waals surface area contributed by atoms with Crippen molar-refractivity contribution in [2.45, 2.75) is 0 Å². The summed E-state index contributed by atoms with van der Waals surface area (Å²) < 4.78 is 0. The molecule has 4 nitrogen and oxygen atoms in total. The van der Waals surface area contributed by atoms with Gasteiger partial charge in [0.25, 0.3) is 0 Å². The lowest BCUT2D eigenvalue weighted by Crippen LogP contribution is -2.09. The number of carbonyl (C=O) groups is 1. The highest BCUT2D eigenvalue weighted by atomic mass is 16.4. The Morgan fingerprint density at radius 1 is 1.78 bits per heavy atom. The summed E-state index contributed by atoms with van der Waals surface area (Å²) in [6.07, 6.45) is 1.47. The van der Waals surface area contributed by atoms with Crippen molar-refractivity contribution >= 4 is 12.3 Å². The smallest absolute Gasteiger partial charge is 0.325 e. The van der Waals surface area contributed by atoms with Crippen molar-refractivity contribution in [3.05, 3.63) is 0 Å². The van der Waals surface area contributed by atoms with Gasteiger partial charge in [-0.25, -0.2) is 0 Å². The molecule has 0 amide bonds. The predicted octanol–water partition coefficient (Wildman–Crippen LogP) is -0.339. The summed E-state index contributed by atoms with van der Waals surface area (Å²) in [5.74, 6) is -0.909. The minimum atomic E-state index is -0.909. The molecule has 0 spiro atoms. The van der Waals surface area contributed by atoms with E-state index in [0.29, 0.717) is 0 Å². The molecule has 0 saturated carbocycles. The lowest BCUT2D eigenvalue weighted by Gasteiger charge is -1.99. The quantitative estimate of drug-likeness (QED) is 0.420. The van der Waals surface area contributed by atoms with Crippen LogP contribution in [0.15, 0.2) is 4.99 Å². The molecule has 0 unspecified atom stereocenters. The van der Waals surface area contributed by atoms with Gasteiger partial charge in [-0.1, -0.05) is 0 Å². The number of carboxylic acid groups (broad SMARTS) is 1. The van der Waals surface area contributed by atoms with E-state index in [-0.39, 0.29) is 6.54 Å². The Balaban J connectivity index is 3.36. The van der Waals surface area contributed by atoms with Crippen LogP contribution in [0.25, 0.3) is 0 Å². The Bertz CT molecular complexity index is 120. The van der Waals surface area contributed by atoms with E-state index >= 15 is 0 Å². The fraction of sp³-hybridized carbons (Fsp3) is 0.600. The summed E-state index contributed by atoms with van der Waals surface area (Å²) >= 11 is 0. The molecule has 0 saturated heterocycles. The largest absolute Gasteiger partial charge is 0.480 e. The summed E-state index contributed by atoms with van der Waals surface area (Å²) in [6, 6.07) is 0. The molecule has 0 heterocycles. The van der Waals surface area contributed by atoms with Gasteiger partial charge in [-0.2, -0.15) is 0 Å². The molecule has 4 heteroatoms. The van der Waals surface area contributed by atoms with Gasteiger partial charge in [0, 0.05) is 14.1 Å². The normalized spacial score (nSPS) is 10.0. The molecule has 0 aromatic heterocycles. The van der Waals surface area contributed by atoms with E-state index in [9.17, 15) is 4.79 Å². The third-order valence-corrected chi connectivity index (χ3v) is 0.539. The fourth-order valence-corrected chi connectivity index (χ4v) is 0.282. The van der Waals surface area contributed by atoms with Crippen LogP contribution in [-0.2, 0) is 4.79 Å². The summed E-state index contributed by atoms with van der Waals surface area (Å²) in [6.45, 7) is -0.155. The number of hydrogen-bond acceptors (Lipinski definition) is 2. The van der Waals surface area contributed by atoms with Gasteiger partial charge in [0.2, 0.25) is 0 Å². The van der Waals surface area contributed by atoms with Crippen LogP contribution in [-0.4, -0.2) is 43.0 Å². The number of carboxylic acids is 1. The van der Waals surface area contributed by atoms with Crippen LogP contribution in [0.2, 0.25) is 0 Å². The van der Waals surface area contributed by atoms with Gasteiger partial charge < -0.3 is 10.0 Å². The van der Waals surface area contributed by atoms with Crippen molar-refractivity contribution in [1.82, 2.24) is 4.90 Å². The number of aliphatic imine (C=N–C) groups is 1. The Kier molecular flexibility index (Phi) is 3.43. The number of aliphatic carboxylic acids is 1. The molecule has 0 aliphatic heterocycles. The van der Waals surface area contributed by atoms with Crippen molar-refractivity contribution < 1.29 is 9.90 Å². The minimum Gasteiger partial charge on any atom is -0.480 e. The van der Waals surface area contributed by atoms with Crippen LogP contribution >= 0.6 is 0 Å². The standard InChI is InChI=1S/C5H10N2O2/c1-7(2)4-6-3-5(8)9/h4H,3H2,1-2H3,(H,8,9). The second-order valence-corrected chi connectivity index (χ2v) is 1.81. The maximum absolute atomic E-state index is 9.85. The molecule has 0 aromatic rings. The molecule has 0 radical (unpaired) electrons. The maximum atomic E-state index is 9.85. The molecule has 0 fully saturated rings. The molecule has 0 aliphatic rings. The third kappa shape index (κ3) is 6.94. The van der Waals surface area contributed by atoms with Crippen LogP contribution < -0.4 is 0 Å². The minimum absolute atomic E-state index is 0.155. The van der Waals surface area contributed by atoms with E-state index in [1.165, 1.54) is 6.34 Å². The Hall–Kier alpha value is -1.06. The highest BCUT2D eigenvalue weighted by Gasteiger charge is 1.88. The lowest BCUT2D eigenvalue weighted by molar-refractivity contribution is -0.135. The predicted molar refractivity (Wildman–Crippen MR) is 34.7 cm³/mol. The summed E-state index contributed by atoms with van der Waals surface area (Å²) in [7, 11) is 3.57. The van der Waals surface area contributed by atoms with Crippen LogP contribution in [0.5, 0.6) is 0 Å². The van der Waals surface area contributed by atoms with Gasteiger partial charge in [-0.3, -0.25) is 9.79 Å². The number of nitrogens with zero attached hydrogens (tertiary/aromatic N) is 2. The number of rotatable bonds is 3. The maximum Gasteiger partial charge on any atom is 0.325 e. The topological polar surface area (TPSA) is 52.9 Å². The zero-order valence-electron chi connectivity index (χ0n) is 5.53. The van der Waals surface area contributed by atoms with Crippen molar-refractivity contribution in [2.75, 3.05) is 20.6 Å². The molecule has 0 rings (SSSR count). The second kappa shape index (κ2) is 3.88. The SMILES string of the molecule is CN(C)C=NCC(=O)O. The average molecular weight is 130 g/mol. The Labute approximate surface area is 53.8 Å². The first kappa shape index (κ1) is 7.94. The first-order valence-electron chi connectivity index (χ1n) is 2.51. The van der Waals surface area contributed by atoms with Gasteiger partial charge >= 0.3 is 5.97 Å². The van der Waals surface area contributed by atoms with E-state index in [4.69, 9.17) is 5.11 Å². The molecule has 1 N–H and O–H groups in total.